The van der Waals surface area contributed by atoms with Crippen LogP contribution in [-0.2, 0) is 9.59 Å². The van der Waals surface area contributed by atoms with Crippen molar-refractivity contribution in [1.82, 2.24) is 0 Å². The Morgan fingerprint density at radius 2 is 1.40 bits per heavy atom. The van der Waals surface area contributed by atoms with Gasteiger partial charge in [-0.2, -0.15) is 0 Å². The first kappa shape index (κ1) is 37.4. The molecule has 0 saturated heterocycles. The van der Waals surface area contributed by atoms with E-state index in [-0.39, 0.29) is 17.9 Å². The molecule has 234 valence electrons. The summed E-state index contributed by atoms with van der Waals surface area (Å²) >= 11 is 6.40. The molecule has 2 aliphatic rings. The summed E-state index contributed by atoms with van der Waals surface area (Å²) in [5.74, 6) is -0.635. The summed E-state index contributed by atoms with van der Waals surface area (Å²) in [7, 11) is 0. The van der Waals surface area contributed by atoms with Gasteiger partial charge >= 0.3 is 11.9 Å². The van der Waals surface area contributed by atoms with Crippen molar-refractivity contribution in [2.45, 2.75) is 110 Å². The lowest BCUT2D eigenvalue weighted by atomic mass is 9.89. The maximum Gasteiger partial charge on any atom is 0.328 e. The molecule has 2 saturated carbocycles. The van der Waals surface area contributed by atoms with Gasteiger partial charge in [0, 0.05) is 11.1 Å². The Morgan fingerprint density at radius 3 is 2.02 bits per heavy atom. The second-order valence-corrected chi connectivity index (χ2v) is 11.9. The summed E-state index contributed by atoms with van der Waals surface area (Å²) in [4.78, 5) is 20.8. The van der Waals surface area contributed by atoms with E-state index in [1.54, 1.807) is 6.08 Å². The number of aliphatic carboxylic acids is 2. The number of allylic oxidation sites excluding steroid dienone is 13. The zero-order chi connectivity index (χ0) is 31.0. The molecule has 2 rings (SSSR count). The van der Waals surface area contributed by atoms with Crippen molar-refractivity contribution < 1.29 is 24.9 Å². The molecule has 3 N–H and O–H groups in total. The average Bonchev–Trinajstić information content (AvgIpc) is 2.99. The minimum absolute atomic E-state index is 0.0289. The van der Waals surface area contributed by atoms with Crippen LogP contribution in [0.25, 0.3) is 0 Å². The van der Waals surface area contributed by atoms with Crippen LogP contribution in [0.3, 0.4) is 0 Å². The minimum atomic E-state index is -0.961. The molecule has 0 amide bonds. The van der Waals surface area contributed by atoms with Crippen LogP contribution in [0.1, 0.15) is 104 Å². The first-order chi connectivity index (χ1) is 20.2. The number of rotatable bonds is 15. The fraction of sp³-hybridized carbons (Fsp3) is 0.556. The molecule has 0 unspecified atom stereocenters. The molecule has 0 aliphatic heterocycles. The van der Waals surface area contributed by atoms with Gasteiger partial charge in [-0.15, -0.1) is 0 Å². The zero-order valence-electron chi connectivity index (χ0n) is 25.7. The maximum atomic E-state index is 10.4. The molecule has 2 atom stereocenters. The third-order valence-corrected chi connectivity index (χ3v) is 8.24. The van der Waals surface area contributed by atoms with E-state index in [0.717, 1.165) is 74.0 Å². The molecule has 0 heterocycles. The van der Waals surface area contributed by atoms with E-state index in [9.17, 15) is 14.7 Å². The molecular weight excluding hydrogens is 548 g/mol. The second-order valence-electron chi connectivity index (χ2n) is 11.5. The minimum Gasteiger partial charge on any atom is -0.481 e. The number of hydrogen-bond donors (Lipinski definition) is 3. The van der Waals surface area contributed by atoms with Crippen molar-refractivity contribution >= 4 is 23.5 Å². The Kier molecular flexibility index (Phi) is 21.3. The summed E-state index contributed by atoms with van der Waals surface area (Å²) in [5, 5.41) is 28.1. The number of aliphatic hydroxyl groups is 1. The molecule has 5 nitrogen and oxygen atoms in total. The highest BCUT2D eigenvalue weighted by molar-refractivity contribution is 6.29. The van der Waals surface area contributed by atoms with Crippen molar-refractivity contribution in [2.24, 2.45) is 17.8 Å². The average molecular weight is 601 g/mol. The van der Waals surface area contributed by atoms with Gasteiger partial charge in [-0.3, -0.25) is 4.79 Å². The number of hydrogen-bond acceptors (Lipinski definition) is 3. The second kappa shape index (κ2) is 23.9. The molecule has 0 radical (unpaired) electrons. The van der Waals surface area contributed by atoms with E-state index in [1.165, 1.54) is 44.6 Å². The largest absolute Gasteiger partial charge is 0.481 e. The summed E-state index contributed by atoms with van der Waals surface area (Å²) in [5.41, 5.74) is 1.00. The molecule has 0 aromatic carbocycles. The van der Waals surface area contributed by atoms with Crippen LogP contribution in [-0.4, -0.2) is 33.4 Å². The standard InChI is InChI=1S/C29H41ClO3.C7H12O2/c1-24(15-11-13-21-29(32)33)14-10-12-20-28(30)25(2)22-23-27(31)19-9-4-3-6-16-26-17-7-5-8-18-26;8-7(9)6-4-2-1-3-5-6/h3-4,6,10-16,20-21,25-27,31H,5,7-9,17-19,22-23H2,1-2H3,(H,32,33);6H,1-5H2,(H,8,9)/b4-3+,12-10+,15-11+,16-6+,21-13+,24-14+,28-20-;/t25-,27+;/m0./s1. The smallest absolute Gasteiger partial charge is 0.328 e. The summed E-state index contributed by atoms with van der Waals surface area (Å²) in [6.07, 6.45) is 37.5. The van der Waals surface area contributed by atoms with E-state index >= 15 is 0 Å². The lowest BCUT2D eigenvalue weighted by molar-refractivity contribution is -0.142. The molecule has 0 spiro atoms. The fourth-order valence-corrected chi connectivity index (χ4v) is 5.19. The molecule has 42 heavy (non-hydrogen) atoms. The SMILES string of the molecule is CC(/C=C/C=C/C(=O)O)=C\C=C\C=C(/Cl)[C@@H](C)CC[C@H](O)CC/C=C/C=C/C1CCCCC1.O=C(O)C1CCCCC1. The van der Waals surface area contributed by atoms with Crippen molar-refractivity contribution in [1.29, 1.82) is 0 Å². The molecule has 2 aliphatic carbocycles. The molecule has 6 heteroatoms. The Balaban J connectivity index is 0.000000827. The monoisotopic (exact) mass is 600 g/mol. The van der Waals surface area contributed by atoms with Gasteiger partial charge in [0.25, 0.3) is 0 Å². The molecule has 0 aromatic rings. The summed E-state index contributed by atoms with van der Waals surface area (Å²) in [6.45, 7) is 4.01. The third-order valence-electron chi connectivity index (χ3n) is 7.74. The van der Waals surface area contributed by atoms with Crippen LogP contribution in [0.5, 0.6) is 0 Å². The highest BCUT2D eigenvalue weighted by atomic mass is 35.5. The lowest BCUT2D eigenvalue weighted by Crippen LogP contribution is -2.16. The Morgan fingerprint density at radius 1 is 0.786 bits per heavy atom. The van der Waals surface area contributed by atoms with Crippen LogP contribution < -0.4 is 0 Å². The van der Waals surface area contributed by atoms with Gasteiger partial charge in [-0.05, 0) is 76.2 Å². The van der Waals surface area contributed by atoms with Crippen LogP contribution in [0.4, 0.5) is 0 Å². The Hall–Kier alpha value is -2.63. The third kappa shape index (κ3) is 20.3. The predicted octanol–water partition coefficient (Wildman–Crippen LogP) is 9.71. The lowest BCUT2D eigenvalue weighted by Gasteiger charge is -2.17. The van der Waals surface area contributed by atoms with Gasteiger partial charge in [0.2, 0.25) is 0 Å². The van der Waals surface area contributed by atoms with Gasteiger partial charge in [0.15, 0.2) is 0 Å². The zero-order valence-corrected chi connectivity index (χ0v) is 26.4. The normalized spacial score (nSPS) is 19.6. The van der Waals surface area contributed by atoms with Crippen molar-refractivity contribution in [3.63, 3.8) is 0 Å². The van der Waals surface area contributed by atoms with E-state index in [2.05, 4.69) is 31.2 Å². The van der Waals surface area contributed by atoms with Crippen LogP contribution in [0.15, 0.2) is 83.5 Å². The maximum absolute atomic E-state index is 10.4. The van der Waals surface area contributed by atoms with Crippen LogP contribution >= 0.6 is 11.6 Å². The molecule has 2 fully saturated rings. The predicted molar refractivity (Wildman–Crippen MR) is 175 cm³/mol. The molecule has 0 bridgehead atoms. The van der Waals surface area contributed by atoms with Crippen LogP contribution in [0, 0.1) is 17.8 Å². The highest BCUT2D eigenvalue weighted by Crippen LogP contribution is 2.25. The molecular formula is C36H53ClO5. The number of halogens is 1. The van der Waals surface area contributed by atoms with Crippen molar-refractivity contribution in [3.05, 3.63) is 83.5 Å². The van der Waals surface area contributed by atoms with Gasteiger partial charge in [0.1, 0.15) is 0 Å². The van der Waals surface area contributed by atoms with Crippen molar-refractivity contribution in [2.75, 3.05) is 0 Å². The van der Waals surface area contributed by atoms with E-state index < -0.39 is 11.9 Å². The van der Waals surface area contributed by atoms with E-state index in [0.29, 0.717) is 0 Å². The van der Waals surface area contributed by atoms with E-state index in [1.807, 2.05) is 37.3 Å². The van der Waals surface area contributed by atoms with Crippen molar-refractivity contribution in [3.8, 4) is 0 Å². The summed E-state index contributed by atoms with van der Waals surface area (Å²) < 4.78 is 0. The van der Waals surface area contributed by atoms with E-state index in [4.69, 9.17) is 21.8 Å². The number of aliphatic hydroxyl groups excluding tert-OH is 1. The number of carboxylic acids is 2. The van der Waals surface area contributed by atoms with Gasteiger partial charge in [0.05, 0.1) is 12.0 Å². The number of carbonyl (C=O) groups is 2. The first-order valence-corrected chi connectivity index (χ1v) is 16.1. The molecule has 0 aromatic heterocycles. The van der Waals surface area contributed by atoms with Crippen LogP contribution in [0.2, 0.25) is 0 Å². The van der Waals surface area contributed by atoms with Gasteiger partial charge < -0.3 is 15.3 Å². The summed E-state index contributed by atoms with van der Waals surface area (Å²) in [6, 6.07) is 0. The topological polar surface area (TPSA) is 94.8 Å². The first-order valence-electron chi connectivity index (χ1n) is 15.7. The quantitative estimate of drug-likeness (QED) is 0.128. The number of carboxylic acid groups (broad SMARTS) is 2. The Bertz CT molecular complexity index is 973. The fourth-order valence-electron chi connectivity index (χ4n) is 5.01. The van der Waals surface area contributed by atoms with Gasteiger partial charge in [-0.1, -0.05) is 123 Å². The highest BCUT2D eigenvalue weighted by Gasteiger charge is 2.19. The Labute approximate surface area is 259 Å². The van der Waals surface area contributed by atoms with Gasteiger partial charge in [-0.25, -0.2) is 4.79 Å².